The van der Waals surface area contributed by atoms with Gasteiger partial charge in [0.2, 0.25) is 5.95 Å². The summed E-state index contributed by atoms with van der Waals surface area (Å²) in [6, 6.07) is 5.01. The molecule has 23 heavy (non-hydrogen) atoms. The Labute approximate surface area is 130 Å². The van der Waals surface area contributed by atoms with Gasteiger partial charge in [-0.05, 0) is 17.7 Å². The van der Waals surface area contributed by atoms with Crippen LogP contribution in [0.3, 0.4) is 0 Å². The van der Waals surface area contributed by atoms with E-state index in [2.05, 4.69) is 25.5 Å². The molecule has 1 atom stereocenters. The molecule has 1 heterocycles. The van der Waals surface area contributed by atoms with Crippen LogP contribution in [0, 0.1) is 0 Å². The summed E-state index contributed by atoms with van der Waals surface area (Å²) in [5, 5.41) is 18.6. The zero-order valence-corrected chi connectivity index (χ0v) is 12.1. The van der Waals surface area contributed by atoms with Gasteiger partial charge in [0, 0.05) is 13.6 Å². The van der Waals surface area contributed by atoms with Crippen LogP contribution in [-0.2, 0) is 7.05 Å². The molecular weight excluding hydrogens is 312 g/mol. The van der Waals surface area contributed by atoms with Crippen LogP contribution in [0.2, 0.25) is 0 Å². The lowest BCUT2D eigenvalue weighted by atomic mass is 10.1. The molecule has 0 aliphatic heterocycles. The fourth-order valence-corrected chi connectivity index (χ4v) is 1.75. The Morgan fingerprint density at radius 2 is 2.26 bits per heavy atom. The number of carbonyl (C=O) groups excluding carboxylic acids is 1. The number of aryl methyl sites for hydroxylation is 1. The van der Waals surface area contributed by atoms with Crippen molar-refractivity contribution in [3.05, 3.63) is 36.2 Å². The number of rotatable bonds is 6. The van der Waals surface area contributed by atoms with E-state index in [9.17, 15) is 18.7 Å². The molecule has 124 valence electrons. The molecule has 0 spiro atoms. The van der Waals surface area contributed by atoms with Crippen LogP contribution in [0.5, 0.6) is 5.75 Å². The van der Waals surface area contributed by atoms with Crippen molar-refractivity contribution in [3.8, 4) is 5.75 Å². The Kier molecular flexibility index (Phi) is 5.41. The number of anilines is 1. The Balaban J connectivity index is 1.86. The standard InChI is InChI=1S/C13H15F2N5O3/c1-20-7-17-12(19-20)18-13(22)16-6-10(21)8-3-2-4-9(5-8)23-11(14)15/h2-5,7,10-11,21H,6H2,1H3,(H2,16,18,19,22). The van der Waals surface area contributed by atoms with Gasteiger partial charge >= 0.3 is 12.6 Å². The first-order valence-electron chi connectivity index (χ1n) is 6.57. The molecule has 0 fully saturated rings. The Hall–Kier alpha value is -2.75. The van der Waals surface area contributed by atoms with Crippen LogP contribution >= 0.6 is 0 Å². The van der Waals surface area contributed by atoms with E-state index >= 15 is 0 Å². The second-order valence-electron chi connectivity index (χ2n) is 4.54. The molecule has 2 aromatic rings. The predicted octanol–water partition coefficient (Wildman–Crippen LogP) is 1.27. The lowest BCUT2D eigenvalue weighted by molar-refractivity contribution is -0.0499. The van der Waals surface area contributed by atoms with Crippen molar-refractivity contribution in [3.63, 3.8) is 0 Å². The van der Waals surface area contributed by atoms with E-state index in [0.29, 0.717) is 5.56 Å². The summed E-state index contributed by atoms with van der Waals surface area (Å²) in [5.74, 6) is 0.0468. The fourth-order valence-electron chi connectivity index (χ4n) is 1.75. The lowest BCUT2D eigenvalue weighted by Crippen LogP contribution is -2.32. The largest absolute Gasteiger partial charge is 0.435 e. The molecule has 10 heteroatoms. The molecule has 0 aliphatic rings. The van der Waals surface area contributed by atoms with Gasteiger partial charge in [-0.3, -0.25) is 10.00 Å². The van der Waals surface area contributed by atoms with Crippen molar-refractivity contribution in [2.45, 2.75) is 12.7 Å². The average molecular weight is 327 g/mol. The Morgan fingerprint density at radius 1 is 1.48 bits per heavy atom. The van der Waals surface area contributed by atoms with Gasteiger partial charge in [-0.25, -0.2) is 9.78 Å². The normalized spacial score (nSPS) is 12.0. The van der Waals surface area contributed by atoms with Crippen molar-refractivity contribution in [2.24, 2.45) is 7.05 Å². The number of urea groups is 1. The molecule has 1 unspecified atom stereocenters. The number of alkyl halides is 2. The molecule has 2 amide bonds. The van der Waals surface area contributed by atoms with Crippen LogP contribution in [-0.4, -0.2) is 39.1 Å². The van der Waals surface area contributed by atoms with Crippen LogP contribution in [0.4, 0.5) is 19.5 Å². The molecule has 8 nitrogen and oxygen atoms in total. The highest BCUT2D eigenvalue weighted by Crippen LogP contribution is 2.20. The van der Waals surface area contributed by atoms with E-state index in [1.54, 1.807) is 7.05 Å². The third-order valence-corrected chi connectivity index (χ3v) is 2.75. The fraction of sp³-hybridized carbons (Fsp3) is 0.308. The van der Waals surface area contributed by atoms with Gasteiger partial charge in [-0.2, -0.15) is 8.78 Å². The van der Waals surface area contributed by atoms with Gasteiger partial charge in [0.25, 0.3) is 0 Å². The number of amides is 2. The number of nitrogens with zero attached hydrogens (tertiary/aromatic N) is 3. The maximum Gasteiger partial charge on any atom is 0.387 e. The third-order valence-electron chi connectivity index (χ3n) is 2.75. The maximum absolute atomic E-state index is 12.2. The number of carbonyl (C=O) groups is 1. The Bertz CT molecular complexity index is 665. The molecule has 0 saturated carbocycles. The van der Waals surface area contributed by atoms with Crippen LogP contribution in [0.25, 0.3) is 0 Å². The molecule has 3 N–H and O–H groups in total. The molecule has 0 bridgehead atoms. The van der Waals surface area contributed by atoms with Crippen molar-refractivity contribution < 1.29 is 23.4 Å². The number of aliphatic hydroxyl groups excluding tert-OH is 1. The topological polar surface area (TPSA) is 101 Å². The van der Waals surface area contributed by atoms with E-state index in [-0.39, 0.29) is 18.2 Å². The number of aromatic nitrogens is 3. The van der Waals surface area contributed by atoms with Gasteiger partial charge in [0.05, 0.1) is 6.10 Å². The summed E-state index contributed by atoms with van der Waals surface area (Å²) >= 11 is 0. The quantitative estimate of drug-likeness (QED) is 0.742. The number of hydrogen-bond acceptors (Lipinski definition) is 5. The smallest absolute Gasteiger partial charge is 0.387 e. The summed E-state index contributed by atoms with van der Waals surface area (Å²) in [6.07, 6.45) is 0.331. The Morgan fingerprint density at radius 3 is 2.91 bits per heavy atom. The van der Waals surface area contributed by atoms with Crippen LogP contribution in [0.15, 0.2) is 30.6 Å². The van der Waals surface area contributed by atoms with Crippen molar-refractivity contribution in [1.29, 1.82) is 0 Å². The highest BCUT2D eigenvalue weighted by molar-refractivity contribution is 5.87. The van der Waals surface area contributed by atoms with Crippen LogP contribution in [0.1, 0.15) is 11.7 Å². The van der Waals surface area contributed by atoms with Gasteiger partial charge in [-0.15, -0.1) is 5.10 Å². The summed E-state index contributed by atoms with van der Waals surface area (Å²) in [4.78, 5) is 15.4. The van der Waals surface area contributed by atoms with Crippen molar-refractivity contribution in [1.82, 2.24) is 20.1 Å². The van der Waals surface area contributed by atoms with Crippen molar-refractivity contribution >= 4 is 12.0 Å². The first-order valence-corrected chi connectivity index (χ1v) is 6.57. The summed E-state index contributed by atoms with van der Waals surface area (Å²) in [7, 11) is 1.65. The van der Waals surface area contributed by atoms with E-state index in [1.165, 1.54) is 35.3 Å². The highest BCUT2D eigenvalue weighted by atomic mass is 19.3. The average Bonchev–Trinajstić information content (AvgIpc) is 2.89. The summed E-state index contributed by atoms with van der Waals surface area (Å²) < 4.78 is 30.0. The summed E-state index contributed by atoms with van der Waals surface area (Å²) in [5.41, 5.74) is 0.333. The molecular formula is C13H15F2N5O3. The molecule has 0 saturated heterocycles. The van der Waals surface area contributed by atoms with Gasteiger partial charge < -0.3 is 15.2 Å². The zero-order chi connectivity index (χ0) is 16.8. The summed E-state index contributed by atoms with van der Waals surface area (Å²) in [6.45, 7) is -3.08. The highest BCUT2D eigenvalue weighted by Gasteiger charge is 2.12. The number of halogens is 2. The number of aliphatic hydroxyl groups is 1. The monoisotopic (exact) mass is 327 g/mol. The molecule has 0 radical (unpaired) electrons. The number of nitrogens with one attached hydrogen (secondary N) is 2. The van der Waals surface area contributed by atoms with E-state index < -0.39 is 18.7 Å². The maximum atomic E-state index is 12.2. The van der Waals surface area contributed by atoms with Crippen LogP contribution < -0.4 is 15.4 Å². The number of hydrogen-bond donors (Lipinski definition) is 3. The minimum absolute atomic E-state index is 0.0707. The minimum atomic E-state index is -2.95. The third kappa shape index (κ3) is 5.18. The number of ether oxygens (including phenoxy) is 1. The van der Waals surface area contributed by atoms with Gasteiger partial charge in [0.15, 0.2) is 0 Å². The molecule has 1 aromatic carbocycles. The van der Waals surface area contributed by atoms with Gasteiger partial charge in [0.1, 0.15) is 12.1 Å². The minimum Gasteiger partial charge on any atom is -0.435 e. The number of benzene rings is 1. The second kappa shape index (κ2) is 7.49. The SMILES string of the molecule is Cn1cnc(NC(=O)NCC(O)c2cccc(OC(F)F)c2)n1. The zero-order valence-electron chi connectivity index (χ0n) is 12.1. The lowest BCUT2D eigenvalue weighted by Gasteiger charge is -2.13. The first kappa shape index (κ1) is 16.6. The van der Waals surface area contributed by atoms with Crippen molar-refractivity contribution in [2.75, 3.05) is 11.9 Å². The predicted molar refractivity (Wildman–Crippen MR) is 76.1 cm³/mol. The molecule has 2 rings (SSSR count). The van der Waals surface area contributed by atoms with E-state index in [4.69, 9.17) is 0 Å². The van der Waals surface area contributed by atoms with E-state index in [1.807, 2.05) is 0 Å². The molecule has 0 aliphatic carbocycles. The van der Waals surface area contributed by atoms with E-state index in [0.717, 1.165) is 0 Å². The van der Waals surface area contributed by atoms with Gasteiger partial charge in [-0.1, -0.05) is 12.1 Å². The second-order valence-corrected chi connectivity index (χ2v) is 4.54. The first-order chi connectivity index (χ1) is 10.9. The molecule has 1 aromatic heterocycles.